The molecule has 0 saturated heterocycles. The van der Waals surface area contributed by atoms with E-state index in [0.29, 0.717) is 12.5 Å². The Balaban J connectivity index is 0.00000400. The van der Waals surface area contributed by atoms with Crippen LogP contribution in [-0.2, 0) is 6.54 Å². The molecular weight excluding hydrogens is 377 g/mol. The van der Waals surface area contributed by atoms with Gasteiger partial charge in [-0.25, -0.2) is 4.99 Å². The molecule has 0 aliphatic heterocycles. The van der Waals surface area contributed by atoms with Crippen molar-refractivity contribution < 1.29 is 4.74 Å². The molecule has 0 heterocycles. The molecule has 0 saturated carbocycles. The van der Waals surface area contributed by atoms with Crippen LogP contribution in [0.15, 0.2) is 29.3 Å². The number of unbranched alkanes of at least 4 members (excludes halogenated alkanes) is 1. The number of guanidine groups is 1. The minimum absolute atomic E-state index is 0. The highest BCUT2D eigenvalue weighted by molar-refractivity contribution is 14.0. The van der Waals surface area contributed by atoms with E-state index in [1.54, 1.807) is 0 Å². The van der Waals surface area contributed by atoms with Gasteiger partial charge in [0.15, 0.2) is 5.96 Å². The Morgan fingerprint density at radius 1 is 1.33 bits per heavy atom. The monoisotopic (exact) mass is 405 g/mol. The highest BCUT2D eigenvalue weighted by Gasteiger charge is 2.09. The van der Waals surface area contributed by atoms with Crippen molar-refractivity contribution in [2.45, 2.75) is 52.6 Å². The van der Waals surface area contributed by atoms with E-state index in [9.17, 15) is 0 Å². The summed E-state index contributed by atoms with van der Waals surface area (Å²) in [6.07, 6.45) is 2.21. The van der Waals surface area contributed by atoms with Crippen LogP contribution in [0.4, 0.5) is 0 Å². The topological polar surface area (TPSA) is 59.6 Å². The van der Waals surface area contributed by atoms with Gasteiger partial charge in [0.1, 0.15) is 5.75 Å². The number of hydrogen-bond donors (Lipinski definition) is 2. The number of nitrogens with two attached hydrogens (primary N) is 1. The summed E-state index contributed by atoms with van der Waals surface area (Å²) in [5, 5.41) is 3.14. The molecule has 0 radical (unpaired) electrons. The van der Waals surface area contributed by atoms with Gasteiger partial charge in [0.2, 0.25) is 0 Å². The molecule has 0 aliphatic carbocycles. The van der Waals surface area contributed by atoms with Crippen LogP contribution >= 0.6 is 24.0 Å². The minimum Gasteiger partial charge on any atom is -0.494 e. The van der Waals surface area contributed by atoms with Crippen LogP contribution < -0.4 is 15.8 Å². The molecule has 0 spiro atoms. The van der Waals surface area contributed by atoms with Crippen LogP contribution in [0.3, 0.4) is 0 Å². The van der Waals surface area contributed by atoms with Gasteiger partial charge >= 0.3 is 0 Å². The van der Waals surface area contributed by atoms with Gasteiger partial charge < -0.3 is 15.8 Å². The third-order valence-electron chi connectivity index (χ3n) is 2.60. The summed E-state index contributed by atoms with van der Waals surface area (Å²) < 4.78 is 5.68. The summed E-state index contributed by atoms with van der Waals surface area (Å²) in [5.41, 5.74) is 6.88. The van der Waals surface area contributed by atoms with Crippen LogP contribution in [-0.4, -0.2) is 18.1 Å². The molecule has 0 aromatic heterocycles. The Hall–Kier alpha value is -0.980. The predicted molar refractivity (Wildman–Crippen MR) is 100 cm³/mol. The minimum atomic E-state index is -0.0707. The van der Waals surface area contributed by atoms with Crippen molar-refractivity contribution in [2.24, 2.45) is 10.7 Å². The average Bonchev–Trinajstić information content (AvgIpc) is 2.35. The zero-order valence-corrected chi connectivity index (χ0v) is 15.8. The molecule has 4 nitrogen and oxygen atoms in total. The molecule has 1 aromatic carbocycles. The van der Waals surface area contributed by atoms with E-state index >= 15 is 0 Å². The van der Waals surface area contributed by atoms with Crippen LogP contribution in [0, 0.1) is 0 Å². The first-order valence-corrected chi connectivity index (χ1v) is 7.20. The predicted octanol–water partition coefficient (Wildman–Crippen LogP) is 3.69. The van der Waals surface area contributed by atoms with Gasteiger partial charge in [-0.3, -0.25) is 0 Å². The number of nitrogens with one attached hydrogen (secondary N) is 1. The first-order chi connectivity index (χ1) is 9.40. The zero-order chi connectivity index (χ0) is 15.0. The number of nitrogens with zero attached hydrogens (tertiary/aromatic N) is 1. The lowest BCUT2D eigenvalue weighted by atomic mass is 10.1. The Labute approximate surface area is 145 Å². The maximum Gasteiger partial charge on any atom is 0.189 e. The summed E-state index contributed by atoms with van der Waals surface area (Å²) in [6, 6.07) is 8.00. The van der Waals surface area contributed by atoms with E-state index in [0.717, 1.165) is 30.8 Å². The molecule has 120 valence electrons. The molecular formula is C16H28IN3O. The van der Waals surface area contributed by atoms with Gasteiger partial charge in [-0.1, -0.05) is 25.5 Å². The Morgan fingerprint density at radius 3 is 2.67 bits per heavy atom. The van der Waals surface area contributed by atoms with Crippen LogP contribution in [0.5, 0.6) is 5.75 Å². The van der Waals surface area contributed by atoms with Crippen molar-refractivity contribution in [3.05, 3.63) is 29.8 Å². The molecule has 3 N–H and O–H groups in total. The van der Waals surface area contributed by atoms with E-state index in [4.69, 9.17) is 10.5 Å². The molecule has 1 rings (SSSR count). The maximum absolute atomic E-state index is 5.85. The Kier molecular flexibility index (Phi) is 9.41. The number of aliphatic imine (C=N–C) groups is 1. The molecule has 5 heteroatoms. The van der Waals surface area contributed by atoms with Crippen LogP contribution in [0.1, 0.15) is 46.1 Å². The lowest BCUT2D eigenvalue weighted by Crippen LogP contribution is -2.44. The molecule has 0 fully saturated rings. The van der Waals surface area contributed by atoms with Gasteiger partial charge in [-0.05, 0) is 44.9 Å². The molecule has 0 aliphatic rings. The number of halogens is 1. The zero-order valence-electron chi connectivity index (χ0n) is 13.5. The normalized spacial score (nSPS) is 11.7. The third-order valence-corrected chi connectivity index (χ3v) is 2.60. The SMILES string of the molecule is CCCCOc1cccc(CN=C(N)NC(C)(C)C)c1.I. The highest BCUT2D eigenvalue weighted by atomic mass is 127. The molecule has 1 aromatic rings. The Bertz CT molecular complexity index is 441. The first kappa shape index (κ1) is 20.0. The van der Waals surface area contributed by atoms with Crippen molar-refractivity contribution in [1.82, 2.24) is 5.32 Å². The first-order valence-electron chi connectivity index (χ1n) is 7.20. The molecule has 0 amide bonds. The van der Waals surface area contributed by atoms with Crippen molar-refractivity contribution in [2.75, 3.05) is 6.61 Å². The molecule has 0 atom stereocenters. The number of benzene rings is 1. The van der Waals surface area contributed by atoms with E-state index in [1.807, 2.05) is 24.3 Å². The number of rotatable bonds is 6. The summed E-state index contributed by atoms with van der Waals surface area (Å²) >= 11 is 0. The van der Waals surface area contributed by atoms with Crippen molar-refractivity contribution in [1.29, 1.82) is 0 Å². The number of ether oxygens (including phenoxy) is 1. The van der Waals surface area contributed by atoms with Gasteiger partial charge in [-0.2, -0.15) is 0 Å². The highest BCUT2D eigenvalue weighted by Crippen LogP contribution is 2.14. The lowest BCUT2D eigenvalue weighted by Gasteiger charge is -2.21. The van der Waals surface area contributed by atoms with E-state index in [1.165, 1.54) is 0 Å². The second-order valence-electron chi connectivity index (χ2n) is 5.93. The van der Waals surface area contributed by atoms with Crippen molar-refractivity contribution in [3.8, 4) is 5.75 Å². The quantitative estimate of drug-likeness (QED) is 0.329. The molecule has 0 unspecified atom stereocenters. The summed E-state index contributed by atoms with van der Waals surface area (Å²) in [6.45, 7) is 9.63. The fourth-order valence-electron chi connectivity index (χ4n) is 1.67. The van der Waals surface area contributed by atoms with Crippen molar-refractivity contribution >= 4 is 29.9 Å². The smallest absolute Gasteiger partial charge is 0.189 e. The van der Waals surface area contributed by atoms with Gasteiger partial charge in [-0.15, -0.1) is 24.0 Å². The van der Waals surface area contributed by atoms with Crippen LogP contribution in [0.25, 0.3) is 0 Å². The summed E-state index contributed by atoms with van der Waals surface area (Å²) in [5.74, 6) is 1.36. The maximum atomic E-state index is 5.85. The summed E-state index contributed by atoms with van der Waals surface area (Å²) in [4.78, 5) is 4.35. The fraction of sp³-hybridized carbons (Fsp3) is 0.562. The van der Waals surface area contributed by atoms with Crippen LogP contribution in [0.2, 0.25) is 0 Å². The van der Waals surface area contributed by atoms with Gasteiger partial charge in [0.25, 0.3) is 0 Å². The van der Waals surface area contributed by atoms with E-state index in [-0.39, 0.29) is 29.5 Å². The standard InChI is InChI=1S/C16H27N3O.HI/c1-5-6-10-20-14-9-7-8-13(11-14)12-18-15(17)19-16(2,3)4;/h7-9,11H,5-6,10,12H2,1-4H3,(H3,17,18,19);1H. The average molecular weight is 405 g/mol. The molecule has 21 heavy (non-hydrogen) atoms. The third kappa shape index (κ3) is 9.55. The lowest BCUT2D eigenvalue weighted by molar-refractivity contribution is 0.309. The second kappa shape index (κ2) is 9.87. The van der Waals surface area contributed by atoms with Gasteiger partial charge in [0, 0.05) is 5.54 Å². The van der Waals surface area contributed by atoms with Gasteiger partial charge in [0.05, 0.1) is 13.2 Å². The number of hydrogen-bond acceptors (Lipinski definition) is 2. The largest absolute Gasteiger partial charge is 0.494 e. The second-order valence-corrected chi connectivity index (χ2v) is 5.93. The van der Waals surface area contributed by atoms with E-state index in [2.05, 4.69) is 38.0 Å². The Morgan fingerprint density at radius 2 is 2.05 bits per heavy atom. The fourth-order valence-corrected chi connectivity index (χ4v) is 1.67. The van der Waals surface area contributed by atoms with Crippen molar-refractivity contribution in [3.63, 3.8) is 0 Å². The molecule has 0 bridgehead atoms. The summed E-state index contributed by atoms with van der Waals surface area (Å²) in [7, 11) is 0. The van der Waals surface area contributed by atoms with E-state index < -0.39 is 0 Å².